The average molecular weight is 466 g/mol. The zero-order chi connectivity index (χ0) is 22.5. The zero-order valence-corrected chi connectivity index (χ0v) is 18.1. The Kier molecular flexibility index (Phi) is 6.55. The first-order valence-electron chi connectivity index (χ1n) is 9.25. The Morgan fingerprint density at radius 3 is 2.06 bits per heavy atom. The SMILES string of the molecule is N#CCSC(SCC(=O)c1ccc2c(c1)OCO2)=C(C#N)C(=O)c1ccc2c(c1)OCO2. The second-order valence-electron chi connectivity index (χ2n) is 6.40. The molecule has 2 aliphatic heterocycles. The minimum atomic E-state index is -0.519. The van der Waals surface area contributed by atoms with E-state index >= 15 is 0 Å². The van der Waals surface area contributed by atoms with Crippen LogP contribution in [0.25, 0.3) is 0 Å². The van der Waals surface area contributed by atoms with Gasteiger partial charge < -0.3 is 18.9 Å². The first kappa shape index (κ1) is 21.6. The molecule has 0 N–H and O–H groups in total. The van der Waals surface area contributed by atoms with Crippen LogP contribution < -0.4 is 18.9 Å². The number of ketones is 2. The van der Waals surface area contributed by atoms with Gasteiger partial charge in [0.2, 0.25) is 19.4 Å². The van der Waals surface area contributed by atoms with Crippen molar-refractivity contribution in [1.82, 2.24) is 0 Å². The van der Waals surface area contributed by atoms with Crippen LogP contribution in [0.3, 0.4) is 0 Å². The van der Waals surface area contributed by atoms with E-state index in [1.807, 2.05) is 12.1 Å². The lowest BCUT2D eigenvalue weighted by Gasteiger charge is -2.09. The fourth-order valence-corrected chi connectivity index (χ4v) is 4.82. The fourth-order valence-electron chi connectivity index (χ4n) is 2.94. The van der Waals surface area contributed by atoms with E-state index in [2.05, 4.69) is 0 Å². The topological polar surface area (TPSA) is 119 Å². The highest BCUT2D eigenvalue weighted by molar-refractivity contribution is 8.22. The smallest absolute Gasteiger partial charge is 0.231 e. The van der Waals surface area contributed by atoms with E-state index in [0.717, 1.165) is 23.5 Å². The Balaban J connectivity index is 1.55. The first-order chi connectivity index (χ1) is 15.6. The van der Waals surface area contributed by atoms with E-state index in [1.54, 1.807) is 30.3 Å². The molecule has 0 aliphatic carbocycles. The molecule has 0 aromatic heterocycles. The highest BCUT2D eigenvalue weighted by Crippen LogP contribution is 2.37. The molecule has 2 aromatic carbocycles. The van der Waals surface area contributed by atoms with Crippen molar-refractivity contribution in [2.24, 2.45) is 0 Å². The predicted molar refractivity (Wildman–Crippen MR) is 117 cm³/mol. The Labute approximate surface area is 191 Å². The molecular weight excluding hydrogens is 452 g/mol. The van der Waals surface area contributed by atoms with Gasteiger partial charge in [0.25, 0.3) is 0 Å². The van der Waals surface area contributed by atoms with Gasteiger partial charge in [0, 0.05) is 11.1 Å². The van der Waals surface area contributed by atoms with Crippen molar-refractivity contribution in [2.45, 2.75) is 0 Å². The Morgan fingerprint density at radius 2 is 1.44 bits per heavy atom. The van der Waals surface area contributed by atoms with Crippen molar-refractivity contribution in [1.29, 1.82) is 10.5 Å². The molecule has 160 valence electrons. The van der Waals surface area contributed by atoms with Crippen molar-refractivity contribution in [3.63, 3.8) is 0 Å². The predicted octanol–water partition coefficient (Wildman–Crippen LogP) is 3.93. The number of nitrogens with zero attached hydrogens (tertiary/aromatic N) is 2. The van der Waals surface area contributed by atoms with Crippen LogP contribution >= 0.6 is 23.5 Å². The normalized spacial score (nSPS) is 13.7. The number of fused-ring (bicyclic) bond motifs is 2. The minimum Gasteiger partial charge on any atom is -0.454 e. The summed E-state index contributed by atoms with van der Waals surface area (Å²) in [5.74, 6) is 1.28. The van der Waals surface area contributed by atoms with Crippen LogP contribution in [0, 0.1) is 22.7 Å². The summed E-state index contributed by atoms with van der Waals surface area (Å²) < 4.78 is 21.4. The van der Waals surface area contributed by atoms with Crippen LogP contribution in [0.5, 0.6) is 23.0 Å². The number of hydrogen-bond acceptors (Lipinski definition) is 10. The van der Waals surface area contributed by atoms with E-state index in [4.69, 9.17) is 24.2 Å². The van der Waals surface area contributed by atoms with Crippen LogP contribution in [-0.4, -0.2) is 36.7 Å². The monoisotopic (exact) mass is 466 g/mol. The number of Topliss-reactive ketones (excluding diaryl/α,β-unsaturated/α-hetero) is 2. The van der Waals surface area contributed by atoms with E-state index in [0.29, 0.717) is 32.8 Å². The van der Waals surface area contributed by atoms with Crippen molar-refractivity contribution < 1.29 is 28.5 Å². The number of carbonyl (C=O) groups is 2. The van der Waals surface area contributed by atoms with Crippen molar-refractivity contribution in [3.05, 3.63) is 57.3 Å². The van der Waals surface area contributed by atoms with Gasteiger partial charge in [-0.2, -0.15) is 10.5 Å². The van der Waals surface area contributed by atoms with Crippen molar-refractivity contribution in [2.75, 3.05) is 25.1 Å². The van der Waals surface area contributed by atoms with Gasteiger partial charge in [-0.25, -0.2) is 0 Å². The van der Waals surface area contributed by atoms with Crippen molar-refractivity contribution >= 4 is 35.1 Å². The number of benzene rings is 2. The number of hydrogen-bond donors (Lipinski definition) is 0. The van der Waals surface area contributed by atoms with E-state index in [9.17, 15) is 14.9 Å². The second kappa shape index (κ2) is 9.69. The standard InChI is InChI=1S/C22H14N2O6S2/c23-5-6-31-22(32-10-16(25)13-1-3-17-19(7-13)29-11-27-17)15(9-24)21(26)14-2-4-18-20(8-14)30-12-28-18/h1-4,7-8H,6,10-12H2. The molecule has 2 heterocycles. The van der Waals surface area contributed by atoms with Gasteiger partial charge in [-0.1, -0.05) is 0 Å². The van der Waals surface area contributed by atoms with E-state index in [-0.39, 0.29) is 42.0 Å². The van der Waals surface area contributed by atoms with Crippen LogP contribution in [0.1, 0.15) is 20.7 Å². The Morgan fingerprint density at radius 1 is 0.844 bits per heavy atom. The maximum Gasteiger partial charge on any atom is 0.231 e. The number of rotatable bonds is 8. The van der Waals surface area contributed by atoms with Gasteiger partial charge in [-0.15, -0.1) is 23.5 Å². The molecule has 0 unspecified atom stereocenters. The van der Waals surface area contributed by atoms with E-state index in [1.165, 1.54) is 6.07 Å². The van der Waals surface area contributed by atoms with Crippen LogP contribution in [0.15, 0.2) is 46.2 Å². The van der Waals surface area contributed by atoms with Gasteiger partial charge in [0.1, 0.15) is 11.6 Å². The molecular formula is C22H14N2O6S2. The molecule has 0 fully saturated rings. The molecule has 4 rings (SSSR count). The van der Waals surface area contributed by atoms with Gasteiger partial charge in [0.15, 0.2) is 28.8 Å². The highest BCUT2D eigenvalue weighted by atomic mass is 32.2. The van der Waals surface area contributed by atoms with E-state index < -0.39 is 5.78 Å². The lowest BCUT2D eigenvalue weighted by Crippen LogP contribution is -2.06. The number of ether oxygens (including phenoxy) is 4. The molecule has 2 aliphatic rings. The number of nitriles is 2. The summed E-state index contributed by atoms with van der Waals surface area (Å²) in [6.07, 6.45) is 0. The molecule has 32 heavy (non-hydrogen) atoms. The third-order valence-corrected chi connectivity index (χ3v) is 6.79. The summed E-state index contributed by atoms with van der Waals surface area (Å²) in [6.45, 7) is 0.169. The lowest BCUT2D eigenvalue weighted by atomic mass is 10.1. The second-order valence-corrected chi connectivity index (χ2v) is 8.63. The molecule has 0 saturated heterocycles. The molecule has 0 saturated carbocycles. The summed E-state index contributed by atoms with van der Waals surface area (Å²) in [4.78, 5) is 25.7. The average Bonchev–Trinajstić information content (AvgIpc) is 3.48. The molecule has 8 nitrogen and oxygen atoms in total. The third kappa shape index (κ3) is 4.52. The summed E-state index contributed by atoms with van der Waals surface area (Å²) in [6, 6.07) is 13.5. The maximum absolute atomic E-state index is 13.0. The molecule has 0 amide bonds. The van der Waals surface area contributed by atoms with Crippen molar-refractivity contribution in [3.8, 4) is 35.1 Å². The summed E-state index contributed by atoms with van der Waals surface area (Å²) in [7, 11) is 0. The van der Waals surface area contributed by atoms with Crippen LogP contribution in [0.2, 0.25) is 0 Å². The van der Waals surface area contributed by atoms with Gasteiger partial charge in [-0.3, -0.25) is 9.59 Å². The highest BCUT2D eigenvalue weighted by Gasteiger charge is 2.23. The van der Waals surface area contributed by atoms with Gasteiger partial charge in [-0.05, 0) is 36.4 Å². The Bertz CT molecular complexity index is 1210. The van der Waals surface area contributed by atoms with Crippen LogP contribution in [0.4, 0.5) is 0 Å². The summed E-state index contributed by atoms with van der Waals surface area (Å²) >= 11 is 2.09. The van der Waals surface area contributed by atoms with Gasteiger partial charge in [0.05, 0.1) is 21.8 Å². The van der Waals surface area contributed by atoms with Gasteiger partial charge >= 0.3 is 0 Å². The molecule has 0 atom stereocenters. The first-order valence-corrected chi connectivity index (χ1v) is 11.2. The molecule has 0 bridgehead atoms. The molecule has 2 aromatic rings. The number of carbonyl (C=O) groups excluding carboxylic acids is 2. The van der Waals surface area contributed by atoms with Crippen LogP contribution in [-0.2, 0) is 0 Å². The fraction of sp³-hybridized carbons (Fsp3) is 0.182. The minimum absolute atomic E-state index is 0.0208. The largest absolute Gasteiger partial charge is 0.454 e. The number of allylic oxidation sites excluding steroid dienone is 1. The summed E-state index contributed by atoms with van der Waals surface area (Å²) in [5.41, 5.74) is 0.545. The molecule has 10 heteroatoms. The maximum atomic E-state index is 13.0. The molecule has 0 radical (unpaired) electrons. The Hall–Kier alpha value is -3.60. The quantitative estimate of drug-likeness (QED) is 0.321. The number of thioether (sulfide) groups is 2. The zero-order valence-electron chi connectivity index (χ0n) is 16.5. The molecule has 0 spiro atoms. The lowest BCUT2D eigenvalue weighted by molar-refractivity contribution is 0.101. The summed E-state index contributed by atoms with van der Waals surface area (Å²) in [5, 5.41) is 18.7. The third-order valence-electron chi connectivity index (χ3n) is 4.47.